The van der Waals surface area contributed by atoms with Crippen molar-refractivity contribution in [3.63, 3.8) is 0 Å². The summed E-state index contributed by atoms with van der Waals surface area (Å²) in [5.41, 5.74) is 4.81. The minimum Gasteiger partial charge on any atom is -0.496 e. The number of hydrogen-bond acceptors (Lipinski definition) is 3. The van der Waals surface area contributed by atoms with Crippen LogP contribution in [0.2, 0.25) is 0 Å². The van der Waals surface area contributed by atoms with Gasteiger partial charge in [0.15, 0.2) is 0 Å². The van der Waals surface area contributed by atoms with Gasteiger partial charge in [-0.25, -0.2) is 0 Å². The lowest BCUT2D eigenvalue weighted by molar-refractivity contribution is 0.357. The summed E-state index contributed by atoms with van der Waals surface area (Å²) in [7, 11) is 1.72. The van der Waals surface area contributed by atoms with Gasteiger partial charge < -0.3 is 14.8 Å². The highest BCUT2D eigenvalue weighted by molar-refractivity contribution is 5.54. The van der Waals surface area contributed by atoms with Crippen LogP contribution in [0.1, 0.15) is 29.7 Å². The Hall–Kier alpha value is -2.16. The van der Waals surface area contributed by atoms with Gasteiger partial charge in [0.2, 0.25) is 0 Å². The van der Waals surface area contributed by atoms with Crippen molar-refractivity contribution in [1.29, 1.82) is 0 Å². The zero-order valence-corrected chi connectivity index (χ0v) is 12.8. The smallest absolute Gasteiger partial charge is 0.124 e. The van der Waals surface area contributed by atoms with Crippen LogP contribution in [0.15, 0.2) is 36.4 Å². The first-order valence-electron chi connectivity index (χ1n) is 7.34. The Bertz CT molecular complexity index is 652. The van der Waals surface area contributed by atoms with Crippen molar-refractivity contribution in [2.75, 3.05) is 19.0 Å². The maximum Gasteiger partial charge on any atom is 0.124 e. The fourth-order valence-electron chi connectivity index (χ4n) is 2.80. The van der Waals surface area contributed by atoms with Crippen LogP contribution < -0.4 is 14.8 Å². The Morgan fingerprint density at radius 1 is 1.19 bits per heavy atom. The normalized spacial score (nSPS) is 14.2. The summed E-state index contributed by atoms with van der Waals surface area (Å²) in [6.07, 6.45) is 0.993. The predicted octanol–water partition coefficient (Wildman–Crippen LogP) is 4.11. The van der Waals surface area contributed by atoms with E-state index in [0.29, 0.717) is 0 Å². The molecule has 1 heterocycles. The first kappa shape index (κ1) is 13.8. The molecule has 0 fully saturated rings. The summed E-state index contributed by atoms with van der Waals surface area (Å²) in [5, 5.41) is 3.55. The van der Waals surface area contributed by atoms with E-state index < -0.39 is 0 Å². The number of fused-ring (bicyclic) bond motifs is 1. The Kier molecular flexibility index (Phi) is 3.74. The van der Waals surface area contributed by atoms with Crippen LogP contribution in [0.25, 0.3) is 0 Å². The molecule has 2 aromatic carbocycles. The molecule has 1 N–H and O–H groups in total. The molecule has 0 amide bonds. The van der Waals surface area contributed by atoms with Crippen LogP contribution in [-0.4, -0.2) is 13.7 Å². The van der Waals surface area contributed by atoms with Gasteiger partial charge in [0.25, 0.3) is 0 Å². The van der Waals surface area contributed by atoms with Crippen LogP contribution in [0.4, 0.5) is 5.69 Å². The third-order valence-electron chi connectivity index (χ3n) is 3.92. The lowest BCUT2D eigenvalue weighted by Crippen LogP contribution is -2.08. The third-order valence-corrected chi connectivity index (χ3v) is 3.92. The number of benzene rings is 2. The maximum atomic E-state index is 5.55. The molecular formula is C18H21NO2. The summed E-state index contributed by atoms with van der Waals surface area (Å²) in [6.45, 7) is 5.05. The zero-order valence-electron chi connectivity index (χ0n) is 12.8. The largest absolute Gasteiger partial charge is 0.496 e. The highest BCUT2D eigenvalue weighted by Crippen LogP contribution is 2.32. The van der Waals surface area contributed by atoms with Gasteiger partial charge in [-0.05, 0) is 43.7 Å². The third kappa shape index (κ3) is 2.82. The van der Waals surface area contributed by atoms with Crippen LogP contribution in [0.5, 0.6) is 11.5 Å². The minimum absolute atomic E-state index is 0.181. The highest BCUT2D eigenvalue weighted by Gasteiger charge is 2.15. The lowest BCUT2D eigenvalue weighted by Gasteiger charge is -2.19. The molecule has 0 aliphatic carbocycles. The van der Waals surface area contributed by atoms with Crippen molar-refractivity contribution < 1.29 is 9.47 Å². The van der Waals surface area contributed by atoms with Gasteiger partial charge in [-0.2, -0.15) is 0 Å². The molecule has 1 unspecified atom stereocenters. The second-order valence-corrected chi connectivity index (χ2v) is 5.53. The van der Waals surface area contributed by atoms with Crippen molar-refractivity contribution >= 4 is 5.69 Å². The molecule has 1 aliphatic heterocycles. The summed E-state index contributed by atoms with van der Waals surface area (Å²) in [4.78, 5) is 0. The molecule has 0 saturated carbocycles. The molecule has 0 spiro atoms. The quantitative estimate of drug-likeness (QED) is 0.916. The topological polar surface area (TPSA) is 30.5 Å². The number of methoxy groups -OCH3 is 1. The van der Waals surface area contributed by atoms with Crippen molar-refractivity contribution in [3.05, 3.63) is 53.1 Å². The highest BCUT2D eigenvalue weighted by atomic mass is 16.5. The number of nitrogens with one attached hydrogen (secondary N) is 1. The van der Waals surface area contributed by atoms with Crippen molar-refractivity contribution in [1.82, 2.24) is 0 Å². The average molecular weight is 283 g/mol. The number of aryl methyl sites for hydroxylation is 1. The first-order chi connectivity index (χ1) is 10.2. The second-order valence-electron chi connectivity index (χ2n) is 5.53. The van der Waals surface area contributed by atoms with Crippen molar-refractivity contribution in [2.24, 2.45) is 0 Å². The van der Waals surface area contributed by atoms with Gasteiger partial charge in [0, 0.05) is 17.7 Å². The van der Waals surface area contributed by atoms with Gasteiger partial charge >= 0.3 is 0 Å². The molecular weight excluding hydrogens is 262 g/mol. The van der Waals surface area contributed by atoms with Crippen LogP contribution in [0.3, 0.4) is 0 Å². The second kappa shape index (κ2) is 5.68. The maximum absolute atomic E-state index is 5.55. The van der Waals surface area contributed by atoms with Gasteiger partial charge in [-0.15, -0.1) is 0 Å². The molecule has 2 aromatic rings. The minimum atomic E-state index is 0.181. The first-order valence-corrected chi connectivity index (χ1v) is 7.34. The Balaban J connectivity index is 1.83. The molecule has 0 bridgehead atoms. The number of hydrogen-bond donors (Lipinski definition) is 1. The van der Waals surface area contributed by atoms with Crippen molar-refractivity contribution in [2.45, 2.75) is 26.3 Å². The lowest BCUT2D eigenvalue weighted by atomic mass is 10.0. The van der Waals surface area contributed by atoms with Crippen LogP contribution in [-0.2, 0) is 6.42 Å². The predicted molar refractivity (Wildman–Crippen MR) is 85.4 cm³/mol. The van der Waals surface area contributed by atoms with E-state index in [1.54, 1.807) is 7.11 Å². The Morgan fingerprint density at radius 3 is 2.86 bits per heavy atom. The Labute approximate surface area is 125 Å². The molecule has 3 rings (SSSR count). The van der Waals surface area contributed by atoms with E-state index in [4.69, 9.17) is 9.47 Å². The fourth-order valence-corrected chi connectivity index (χ4v) is 2.80. The zero-order chi connectivity index (χ0) is 14.8. The molecule has 0 saturated heterocycles. The number of anilines is 1. The van der Waals surface area contributed by atoms with Crippen molar-refractivity contribution in [3.8, 4) is 11.5 Å². The molecule has 3 heteroatoms. The summed E-state index contributed by atoms with van der Waals surface area (Å²) >= 11 is 0. The monoisotopic (exact) mass is 283 g/mol. The standard InChI is InChI=1S/C18H21NO2/c1-12-4-6-18(20-3)16(10-12)13(2)19-15-5-7-17-14(11-15)8-9-21-17/h4-7,10-11,13,19H,8-9H2,1-3H3. The van der Waals surface area contributed by atoms with E-state index in [0.717, 1.165) is 30.2 Å². The molecule has 110 valence electrons. The van der Waals surface area contributed by atoms with Gasteiger partial charge in [-0.3, -0.25) is 0 Å². The SMILES string of the molecule is COc1ccc(C)cc1C(C)Nc1ccc2c(c1)CCO2. The molecule has 3 nitrogen and oxygen atoms in total. The molecule has 0 aromatic heterocycles. The van der Waals surface area contributed by atoms with Crippen LogP contribution in [0, 0.1) is 6.92 Å². The summed E-state index contributed by atoms with van der Waals surface area (Å²) in [5.74, 6) is 1.94. The average Bonchev–Trinajstić information content (AvgIpc) is 2.94. The molecule has 21 heavy (non-hydrogen) atoms. The molecule has 1 atom stereocenters. The van der Waals surface area contributed by atoms with E-state index in [-0.39, 0.29) is 6.04 Å². The van der Waals surface area contributed by atoms with Gasteiger partial charge in [0.05, 0.1) is 19.8 Å². The van der Waals surface area contributed by atoms with Gasteiger partial charge in [-0.1, -0.05) is 17.7 Å². The van der Waals surface area contributed by atoms with Gasteiger partial charge in [0.1, 0.15) is 11.5 Å². The van der Waals surface area contributed by atoms with Crippen LogP contribution >= 0.6 is 0 Å². The van der Waals surface area contributed by atoms with E-state index >= 15 is 0 Å². The van der Waals surface area contributed by atoms with E-state index in [1.807, 2.05) is 12.1 Å². The summed E-state index contributed by atoms with van der Waals surface area (Å²) < 4.78 is 11.0. The number of rotatable bonds is 4. The van der Waals surface area contributed by atoms with E-state index in [1.165, 1.54) is 16.7 Å². The van der Waals surface area contributed by atoms with E-state index in [9.17, 15) is 0 Å². The Morgan fingerprint density at radius 2 is 2.05 bits per heavy atom. The molecule has 1 aliphatic rings. The summed E-state index contributed by atoms with van der Waals surface area (Å²) in [6, 6.07) is 12.8. The van der Waals surface area contributed by atoms with E-state index in [2.05, 4.69) is 43.4 Å². The number of ether oxygens (including phenoxy) is 2. The fraction of sp³-hybridized carbons (Fsp3) is 0.333. The molecule has 0 radical (unpaired) electrons.